The molecule has 1 atom stereocenters. The molecule has 3 nitrogen and oxygen atoms in total. The predicted octanol–water partition coefficient (Wildman–Crippen LogP) is 3.11. The first-order valence-electron chi connectivity index (χ1n) is 6.39. The van der Waals surface area contributed by atoms with E-state index in [-0.39, 0.29) is 11.8 Å². The monoisotopic (exact) mass is 287 g/mol. The zero-order chi connectivity index (χ0) is 14.1. The number of carbonyl (C=O) groups is 1. The van der Waals surface area contributed by atoms with Crippen molar-refractivity contribution in [3.05, 3.63) is 64.2 Å². The number of benzene rings is 2. The van der Waals surface area contributed by atoms with Crippen LogP contribution in [0.15, 0.2) is 42.5 Å². The van der Waals surface area contributed by atoms with Crippen LogP contribution < -0.4 is 10.1 Å². The Balaban J connectivity index is 2.13. The summed E-state index contributed by atoms with van der Waals surface area (Å²) in [4.78, 5) is 12.3. The molecule has 0 aromatic heterocycles. The molecule has 0 aliphatic carbocycles. The molecular weight excluding hydrogens is 274 g/mol. The second kappa shape index (κ2) is 5.17. The molecule has 1 aliphatic heterocycles. The molecule has 0 spiro atoms. The molecule has 102 valence electrons. The summed E-state index contributed by atoms with van der Waals surface area (Å²) in [5.41, 5.74) is 2.88. The maximum atomic E-state index is 12.3. The van der Waals surface area contributed by atoms with E-state index in [1.54, 1.807) is 7.11 Å². The summed E-state index contributed by atoms with van der Waals surface area (Å²) in [6.07, 6.45) is 0. The molecule has 0 saturated heterocycles. The smallest absolute Gasteiger partial charge is 0.232 e. The maximum absolute atomic E-state index is 12.3. The van der Waals surface area contributed by atoms with E-state index in [0.717, 1.165) is 22.4 Å². The van der Waals surface area contributed by atoms with E-state index in [1.165, 1.54) is 0 Å². The number of hydrogen-bond acceptors (Lipinski definition) is 2. The molecule has 4 heteroatoms. The van der Waals surface area contributed by atoms with E-state index in [2.05, 4.69) is 5.32 Å². The third-order valence-corrected chi connectivity index (χ3v) is 3.94. The number of methoxy groups -OCH3 is 1. The van der Waals surface area contributed by atoms with Gasteiger partial charge in [0, 0.05) is 11.6 Å². The molecule has 1 aliphatic rings. The van der Waals surface area contributed by atoms with E-state index in [0.29, 0.717) is 11.6 Å². The predicted molar refractivity (Wildman–Crippen MR) is 78.1 cm³/mol. The Morgan fingerprint density at radius 1 is 1.20 bits per heavy atom. The fourth-order valence-corrected chi connectivity index (χ4v) is 2.83. The minimum absolute atomic E-state index is 0.0178. The Hall–Kier alpha value is -2.00. The van der Waals surface area contributed by atoms with Crippen molar-refractivity contribution < 1.29 is 9.53 Å². The van der Waals surface area contributed by atoms with Crippen molar-refractivity contribution in [3.63, 3.8) is 0 Å². The highest BCUT2D eigenvalue weighted by Gasteiger charge is 2.30. The van der Waals surface area contributed by atoms with Gasteiger partial charge in [0.25, 0.3) is 0 Å². The number of carbonyl (C=O) groups excluding carboxylic acids is 1. The summed E-state index contributed by atoms with van der Waals surface area (Å²) < 4.78 is 5.23. The largest absolute Gasteiger partial charge is 0.497 e. The summed E-state index contributed by atoms with van der Waals surface area (Å²) in [5, 5.41) is 3.52. The van der Waals surface area contributed by atoms with E-state index in [1.807, 2.05) is 42.5 Å². The van der Waals surface area contributed by atoms with E-state index in [9.17, 15) is 4.79 Å². The van der Waals surface area contributed by atoms with Crippen LogP contribution in [0.2, 0.25) is 5.02 Å². The summed E-state index contributed by atoms with van der Waals surface area (Å²) in [7, 11) is 1.63. The number of ether oxygens (including phenoxy) is 1. The molecule has 0 radical (unpaired) electrons. The van der Waals surface area contributed by atoms with Crippen molar-refractivity contribution in [1.29, 1.82) is 0 Å². The number of amides is 1. The van der Waals surface area contributed by atoms with Crippen LogP contribution in [0.25, 0.3) is 0 Å². The van der Waals surface area contributed by atoms with Crippen molar-refractivity contribution in [2.45, 2.75) is 12.5 Å². The van der Waals surface area contributed by atoms with Crippen LogP contribution in [0.4, 0.5) is 0 Å². The number of rotatable bonds is 2. The van der Waals surface area contributed by atoms with E-state index < -0.39 is 0 Å². The molecule has 1 unspecified atom stereocenters. The number of nitrogens with one attached hydrogen (secondary N) is 1. The van der Waals surface area contributed by atoms with Crippen LogP contribution in [0.1, 0.15) is 22.6 Å². The van der Waals surface area contributed by atoms with Gasteiger partial charge in [-0.05, 0) is 34.9 Å². The highest BCUT2D eigenvalue weighted by molar-refractivity contribution is 6.31. The molecular formula is C16H14ClNO2. The van der Waals surface area contributed by atoms with Gasteiger partial charge in [-0.15, -0.1) is 0 Å². The Kier molecular flexibility index (Phi) is 3.36. The van der Waals surface area contributed by atoms with Gasteiger partial charge in [-0.1, -0.05) is 35.9 Å². The molecule has 0 saturated carbocycles. The second-order valence-electron chi connectivity index (χ2n) is 4.74. The van der Waals surface area contributed by atoms with Crippen LogP contribution in [0.3, 0.4) is 0 Å². The normalized spacial score (nSPS) is 17.3. The zero-order valence-corrected chi connectivity index (χ0v) is 11.8. The van der Waals surface area contributed by atoms with Gasteiger partial charge in [-0.25, -0.2) is 0 Å². The molecule has 20 heavy (non-hydrogen) atoms. The first kappa shape index (κ1) is 13.0. The molecule has 0 bridgehead atoms. The van der Waals surface area contributed by atoms with Crippen LogP contribution in [-0.4, -0.2) is 13.0 Å². The molecule has 1 heterocycles. The molecule has 3 rings (SSSR count). The summed E-state index contributed by atoms with van der Waals surface area (Å²) >= 11 is 6.24. The van der Waals surface area contributed by atoms with Crippen molar-refractivity contribution >= 4 is 17.5 Å². The van der Waals surface area contributed by atoms with Gasteiger partial charge in [0.15, 0.2) is 0 Å². The average molecular weight is 288 g/mol. The third kappa shape index (κ3) is 2.14. The summed E-state index contributed by atoms with van der Waals surface area (Å²) in [6, 6.07) is 13.2. The fourth-order valence-electron chi connectivity index (χ4n) is 2.59. The Morgan fingerprint density at radius 3 is 2.75 bits per heavy atom. The van der Waals surface area contributed by atoms with Gasteiger partial charge in [0.1, 0.15) is 5.75 Å². The highest BCUT2D eigenvalue weighted by atomic mass is 35.5. The van der Waals surface area contributed by atoms with Gasteiger partial charge >= 0.3 is 0 Å². The fraction of sp³-hybridized carbons (Fsp3) is 0.188. The van der Waals surface area contributed by atoms with Crippen molar-refractivity contribution in [3.8, 4) is 5.75 Å². The van der Waals surface area contributed by atoms with E-state index in [4.69, 9.17) is 16.3 Å². The van der Waals surface area contributed by atoms with Crippen molar-refractivity contribution in [2.75, 3.05) is 7.11 Å². The Labute approximate surface area is 122 Å². The standard InChI is InChI=1S/C16H14ClNO2/c1-20-11-6-7-12-10(8-11)9-18-16(19)15(12)13-4-2-3-5-14(13)17/h2-8,15H,9H2,1H3,(H,18,19). The average Bonchev–Trinajstić information content (AvgIpc) is 2.48. The number of hydrogen-bond donors (Lipinski definition) is 1. The zero-order valence-electron chi connectivity index (χ0n) is 11.0. The van der Waals surface area contributed by atoms with Crippen molar-refractivity contribution in [1.82, 2.24) is 5.32 Å². The molecule has 1 N–H and O–H groups in total. The van der Waals surface area contributed by atoms with Crippen LogP contribution in [0, 0.1) is 0 Å². The minimum atomic E-state index is -0.363. The number of halogens is 1. The lowest BCUT2D eigenvalue weighted by atomic mass is 9.85. The van der Waals surface area contributed by atoms with E-state index >= 15 is 0 Å². The van der Waals surface area contributed by atoms with Gasteiger partial charge in [0.2, 0.25) is 5.91 Å². The van der Waals surface area contributed by atoms with Gasteiger partial charge in [-0.3, -0.25) is 4.79 Å². The third-order valence-electron chi connectivity index (χ3n) is 3.59. The Morgan fingerprint density at radius 2 is 2.00 bits per heavy atom. The van der Waals surface area contributed by atoms with Gasteiger partial charge in [-0.2, -0.15) is 0 Å². The SMILES string of the molecule is COc1ccc2c(c1)CNC(=O)C2c1ccccc1Cl. The van der Waals surface area contributed by atoms with Crippen LogP contribution in [-0.2, 0) is 11.3 Å². The summed E-state index contributed by atoms with van der Waals surface area (Å²) in [5.74, 6) is 0.409. The first-order valence-corrected chi connectivity index (χ1v) is 6.77. The van der Waals surface area contributed by atoms with Crippen LogP contribution in [0.5, 0.6) is 5.75 Å². The quantitative estimate of drug-likeness (QED) is 0.922. The molecule has 0 fully saturated rings. The Bertz CT molecular complexity index is 669. The molecule has 1 amide bonds. The minimum Gasteiger partial charge on any atom is -0.497 e. The first-order chi connectivity index (χ1) is 9.70. The summed E-state index contributed by atoms with van der Waals surface area (Å²) in [6.45, 7) is 0.520. The molecule has 2 aromatic carbocycles. The second-order valence-corrected chi connectivity index (χ2v) is 5.14. The van der Waals surface area contributed by atoms with Crippen molar-refractivity contribution in [2.24, 2.45) is 0 Å². The lowest BCUT2D eigenvalue weighted by Crippen LogP contribution is -2.35. The van der Waals surface area contributed by atoms with Gasteiger partial charge < -0.3 is 10.1 Å². The lowest BCUT2D eigenvalue weighted by Gasteiger charge is -2.26. The highest BCUT2D eigenvalue weighted by Crippen LogP contribution is 2.35. The van der Waals surface area contributed by atoms with Gasteiger partial charge in [0.05, 0.1) is 13.0 Å². The lowest BCUT2D eigenvalue weighted by molar-refractivity contribution is -0.122. The topological polar surface area (TPSA) is 38.3 Å². The number of fused-ring (bicyclic) bond motifs is 1. The maximum Gasteiger partial charge on any atom is 0.232 e. The van der Waals surface area contributed by atoms with Crippen LogP contribution >= 0.6 is 11.6 Å². The molecule has 2 aromatic rings.